The van der Waals surface area contributed by atoms with Crippen molar-refractivity contribution in [2.24, 2.45) is 11.8 Å². The molecule has 3 N–H and O–H groups in total. The number of nitrogens with zero attached hydrogens (tertiary/aromatic N) is 3. The summed E-state index contributed by atoms with van der Waals surface area (Å²) in [7, 11) is 0. The van der Waals surface area contributed by atoms with Crippen molar-refractivity contribution >= 4 is 22.8 Å². The molecular formula is C27H31F2N5O4. The second-order valence-corrected chi connectivity index (χ2v) is 10.4. The predicted molar refractivity (Wildman–Crippen MR) is 136 cm³/mol. The van der Waals surface area contributed by atoms with Crippen molar-refractivity contribution in [2.45, 2.75) is 52.2 Å². The largest absolute Gasteiger partial charge is 0.493 e. The maximum atomic E-state index is 13.6. The summed E-state index contributed by atoms with van der Waals surface area (Å²) < 4.78 is 33.1. The van der Waals surface area contributed by atoms with Crippen LogP contribution in [0.1, 0.15) is 54.7 Å². The van der Waals surface area contributed by atoms with Gasteiger partial charge in [0, 0.05) is 29.9 Å². The van der Waals surface area contributed by atoms with Gasteiger partial charge in [-0.2, -0.15) is 0 Å². The monoisotopic (exact) mass is 527 g/mol. The summed E-state index contributed by atoms with van der Waals surface area (Å²) in [6.07, 6.45) is -0.293. The molecule has 0 bridgehead atoms. The zero-order chi connectivity index (χ0) is 27.1. The van der Waals surface area contributed by atoms with Gasteiger partial charge in [-0.25, -0.2) is 18.7 Å². The number of fused-ring (bicyclic) bond motifs is 1. The molecule has 2 aliphatic rings. The number of alkyl halides is 2. The van der Waals surface area contributed by atoms with Crippen molar-refractivity contribution in [3.63, 3.8) is 0 Å². The number of benzene rings is 1. The summed E-state index contributed by atoms with van der Waals surface area (Å²) >= 11 is 0. The second-order valence-electron chi connectivity index (χ2n) is 10.4. The highest BCUT2D eigenvalue weighted by molar-refractivity contribution is 6.09. The number of carbonyl (C=O) groups is 2. The molecule has 3 heterocycles. The van der Waals surface area contributed by atoms with E-state index in [1.807, 2.05) is 6.92 Å². The van der Waals surface area contributed by atoms with Gasteiger partial charge in [-0.15, -0.1) is 0 Å². The third-order valence-corrected chi connectivity index (χ3v) is 7.28. The Balaban J connectivity index is 1.47. The van der Waals surface area contributed by atoms with Crippen molar-refractivity contribution in [2.75, 3.05) is 19.7 Å². The number of rotatable bonds is 8. The number of nitrogens with one attached hydrogen (secondary N) is 2. The molecule has 2 aromatic heterocycles. The van der Waals surface area contributed by atoms with Gasteiger partial charge in [-0.1, -0.05) is 6.92 Å². The van der Waals surface area contributed by atoms with Crippen molar-refractivity contribution < 1.29 is 28.2 Å². The SMILES string of the molecule is Cc1[nH]c2c(-c3cc(C(F)F)ccc3OCC3CC3)ncnc2c1C(=O)N[C@@H]1CN(C(=O)[C@H](C)O)C[C@@H]1C. The molecule has 38 heavy (non-hydrogen) atoms. The van der Waals surface area contributed by atoms with E-state index in [2.05, 4.69) is 20.3 Å². The quantitative estimate of drug-likeness (QED) is 0.412. The number of ether oxygens (including phenoxy) is 1. The molecule has 0 unspecified atom stereocenters. The lowest BCUT2D eigenvalue weighted by Crippen LogP contribution is -2.42. The van der Waals surface area contributed by atoms with Crippen LogP contribution in [0.2, 0.25) is 0 Å². The third kappa shape index (κ3) is 5.07. The van der Waals surface area contributed by atoms with Crippen LogP contribution in [-0.2, 0) is 4.79 Å². The Hall–Kier alpha value is -3.60. The number of aromatic amines is 1. The zero-order valence-corrected chi connectivity index (χ0v) is 21.5. The molecular weight excluding hydrogens is 496 g/mol. The predicted octanol–water partition coefficient (Wildman–Crippen LogP) is 3.62. The highest BCUT2D eigenvalue weighted by Crippen LogP contribution is 2.38. The van der Waals surface area contributed by atoms with Gasteiger partial charge in [0.1, 0.15) is 29.4 Å². The molecule has 0 spiro atoms. The van der Waals surface area contributed by atoms with Crippen molar-refractivity contribution in [1.29, 1.82) is 0 Å². The van der Waals surface area contributed by atoms with Gasteiger partial charge >= 0.3 is 0 Å². The fourth-order valence-corrected chi connectivity index (χ4v) is 4.93. The maximum Gasteiger partial charge on any atom is 0.263 e. The third-order valence-electron chi connectivity index (χ3n) is 7.28. The Morgan fingerprint density at radius 3 is 2.71 bits per heavy atom. The van der Waals surface area contributed by atoms with Gasteiger partial charge in [0.2, 0.25) is 0 Å². The minimum Gasteiger partial charge on any atom is -0.493 e. The Labute approximate surface area is 218 Å². The maximum absolute atomic E-state index is 13.6. The Morgan fingerprint density at radius 1 is 1.26 bits per heavy atom. The lowest BCUT2D eigenvalue weighted by atomic mass is 10.0. The van der Waals surface area contributed by atoms with E-state index in [0.717, 1.165) is 12.8 Å². The Kier molecular flexibility index (Phi) is 7.04. The molecule has 5 rings (SSSR count). The molecule has 2 fully saturated rings. The minimum absolute atomic E-state index is 0.0133. The van der Waals surface area contributed by atoms with Gasteiger partial charge in [0.05, 0.1) is 23.7 Å². The van der Waals surface area contributed by atoms with E-state index in [9.17, 15) is 23.5 Å². The van der Waals surface area contributed by atoms with E-state index >= 15 is 0 Å². The Morgan fingerprint density at radius 2 is 2.03 bits per heavy atom. The van der Waals surface area contributed by atoms with Crippen LogP contribution in [0.15, 0.2) is 24.5 Å². The summed E-state index contributed by atoms with van der Waals surface area (Å²) in [6.45, 7) is 6.31. The number of hydrogen-bond donors (Lipinski definition) is 3. The molecule has 202 valence electrons. The first kappa shape index (κ1) is 26.0. The number of aliphatic hydroxyl groups excluding tert-OH is 1. The molecule has 3 atom stereocenters. The van der Waals surface area contributed by atoms with Gasteiger partial charge in [-0.05, 0) is 56.7 Å². The van der Waals surface area contributed by atoms with E-state index in [-0.39, 0.29) is 29.3 Å². The number of aliphatic hydroxyl groups is 1. The number of amides is 2. The first-order valence-corrected chi connectivity index (χ1v) is 12.8. The van der Waals surface area contributed by atoms with Gasteiger partial charge in [-0.3, -0.25) is 9.59 Å². The standard InChI is InChI=1S/C27H31F2N5O4/c1-13-9-34(27(37)15(3)35)10-19(13)33-26(36)21-14(2)32-24-22(30-12-31-23(21)24)18-8-17(25(28)29)6-7-20(18)38-11-16-4-5-16/h6-8,12-13,15-16,19,25,32,35H,4-5,9-11H2,1-3H3,(H,33,36)/t13-,15-,19+/m0/s1. The van der Waals surface area contributed by atoms with Crippen LogP contribution in [0.25, 0.3) is 22.3 Å². The number of aromatic nitrogens is 3. The van der Waals surface area contributed by atoms with E-state index in [4.69, 9.17) is 4.74 Å². The van der Waals surface area contributed by atoms with Crippen LogP contribution in [0, 0.1) is 18.8 Å². The summed E-state index contributed by atoms with van der Waals surface area (Å²) in [5.74, 6) is 0.159. The van der Waals surface area contributed by atoms with Gasteiger partial charge in [0.25, 0.3) is 18.2 Å². The summed E-state index contributed by atoms with van der Waals surface area (Å²) in [6, 6.07) is 3.96. The number of hydrogen-bond acceptors (Lipinski definition) is 6. The second kappa shape index (κ2) is 10.3. The molecule has 0 radical (unpaired) electrons. The summed E-state index contributed by atoms with van der Waals surface area (Å²) in [5, 5.41) is 12.6. The average molecular weight is 528 g/mol. The molecule has 1 saturated carbocycles. The molecule has 1 saturated heterocycles. The fourth-order valence-electron chi connectivity index (χ4n) is 4.93. The number of carbonyl (C=O) groups excluding carboxylic acids is 2. The minimum atomic E-state index is -2.66. The number of halogens is 2. The van der Waals surface area contributed by atoms with Crippen molar-refractivity contribution in [3.8, 4) is 17.0 Å². The smallest absolute Gasteiger partial charge is 0.263 e. The number of likely N-dealkylation sites (tertiary alicyclic amines) is 1. The van der Waals surface area contributed by atoms with E-state index in [0.29, 0.717) is 64.9 Å². The van der Waals surface area contributed by atoms with Crippen molar-refractivity contribution in [1.82, 2.24) is 25.2 Å². The molecule has 1 aromatic carbocycles. The van der Waals surface area contributed by atoms with Crippen LogP contribution in [0.5, 0.6) is 5.75 Å². The summed E-state index contributed by atoms with van der Waals surface area (Å²) in [4.78, 5) is 39.1. The molecule has 11 heteroatoms. The first-order valence-electron chi connectivity index (χ1n) is 12.8. The molecule has 2 amide bonds. The molecule has 3 aromatic rings. The highest BCUT2D eigenvalue weighted by atomic mass is 19.3. The number of H-pyrrole nitrogens is 1. The zero-order valence-electron chi connectivity index (χ0n) is 21.5. The fraction of sp³-hybridized carbons (Fsp3) is 0.481. The molecule has 1 aliphatic heterocycles. The van der Waals surface area contributed by atoms with Crippen molar-refractivity contribution in [3.05, 3.63) is 41.3 Å². The van der Waals surface area contributed by atoms with Crippen LogP contribution in [0.3, 0.4) is 0 Å². The highest BCUT2D eigenvalue weighted by Gasteiger charge is 2.35. The van der Waals surface area contributed by atoms with E-state index < -0.39 is 12.5 Å². The number of aryl methyl sites for hydroxylation is 1. The van der Waals surface area contributed by atoms with Gasteiger partial charge in [0.15, 0.2) is 0 Å². The lowest BCUT2D eigenvalue weighted by molar-refractivity contribution is -0.138. The van der Waals surface area contributed by atoms with Crippen LogP contribution >= 0.6 is 0 Å². The van der Waals surface area contributed by atoms with Crippen LogP contribution in [0.4, 0.5) is 8.78 Å². The van der Waals surface area contributed by atoms with E-state index in [1.54, 1.807) is 17.9 Å². The average Bonchev–Trinajstić information content (AvgIpc) is 3.55. The molecule has 1 aliphatic carbocycles. The normalized spacial score (nSPS) is 20.2. The Bertz CT molecular complexity index is 1370. The first-order chi connectivity index (χ1) is 18.1. The summed E-state index contributed by atoms with van der Waals surface area (Å²) in [5.41, 5.74) is 2.30. The van der Waals surface area contributed by atoms with E-state index in [1.165, 1.54) is 25.4 Å². The van der Waals surface area contributed by atoms with Gasteiger partial charge < -0.3 is 25.0 Å². The topological polar surface area (TPSA) is 120 Å². The lowest BCUT2D eigenvalue weighted by Gasteiger charge is -2.18. The molecule has 9 nitrogen and oxygen atoms in total. The van der Waals surface area contributed by atoms with Crippen LogP contribution in [-0.4, -0.2) is 68.6 Å². The van der Waals surface area contributed by atoms with Crippen LogP contribution < -0.4 is 10.1 Å².